The van der Waals surface area contributed by atoms with Gasteiger partial charge in [0.2, 0.25) is 0 Å². The van der Waals surface area contributed by atoms with Crippen molar-refractivity contribution in [2.45, 2.75) is 57.0 Å². The normalized spacial score (nSPS) is 34.8. The van der Waals surface area contributed by atoms with E-state index in [-0.39, 0.29) is 18.5 Å². The van der Waals surface area contributed by atoms with Gasteiger partial charge in [-0.05, 0) is 32.1 Å². The quantitative estimate of drug-likeness (QED) is 0.684. The molecule has 0 aromatic carbocycles. The molecule has 2 saturated heterocycles. The Balaban J connectivity index is 1.61. The molecule has 3 heteroatoms. The predicted molar refractivity (Wildman–Crippen MR) is 60.9 cm³/mol. The maximum atomic E-state index is 5.77. The van der Waals surface area contributed by atoms with E-state index in [1.54, 1.807) is 0 Å². The molecule has 0 N–H and O–H groups in total. The molecule has 2 rings (SSSR count). The lowest BCUT2D eigenvalue weighted by molar-refractivity contribution is -0.178. The molecule has 0 amide bonds. The van der Waals surface area contributed by atoms with Gasteiger partial charge in [0, 0.05) is 13.0 Å². The van der Waals surface area contributed by atoms with Gasteiger partial charge in [-0.3, -0.25) is 0 Å². The van der Waals surface area contributed by atoms with Gasteiger partial charge in [0.25, 0.3) is 0 Å². The molecular weight excluding hydrogens is 204 g/mol. The maximum Gasteiger partial charge on any atom is 0.157 e. The van der Waals surface area contributed by atoms with E-state index in [2.05, 4.69) is 5.92 Å². The SMILES string of the molecule is C#CCC1CCC(COC2CCCCO2)O1. The Labute approximate surface area is 97.4 Å². The van der Waals surface area contributed by atoms with Crippen molar-refractivity contribution in [1.29, 1.82) is 0 Å². The van der Waals surface area contributed by atoms with E-state index in [0.717, 1.165) is 38.7 Å². The summed E-state index contributed by atoms with van der Waals surface area (Å²) in [5.41, 5.74) is 0. The lowest BCUT2D eigenvalue weighted by Crippen LogP contribution is -2.27. The minimum absolute atomic E-state index is 0.0102. The molecule has 90 valence electrons. The molecule has 3 unspecified atom stereocenters. The third kappa shape index (κ3) is 3.48. The zero-order chi connectivity index (χ0) is 11.2. The topological polar surface area (TPSA) is 27.7 Å². The first-order chi connectivity index (χ1) is 7.88. The summed E-state index contributed by atoms with van der Waals surface area (Å²) in [6.07, 6.45) is 11.9. The lowest BCUT2D eigenvalue weighted by Gasteiger charge is -2.24. The molecule has 0 spiro atoms. The molecule has 2 aliphatic heterocycles. The Hall–Kier alpha value is -0.560. The molecule has 2 heterocycles. The van der Waals surface area contributed by atoms with Gasteiger partial charge in [0.1, 0.15) is 0 Å². The van der Waals surface area contributed by atoms with E-state index in [1.807, 2.05) is 0 Å². The van der Waals surface area contributed by atoms with Gasteiger partial charge in [-0.15, -0.1) is 12.3 Å². The predicted octanol–water partition coefficient (Wildman–Crippen LogP) is 2.10. The van der Waals surface area contributed by atoms with Crippen LogP contribution in [0.15, 0.2) is 0 Å². The molecule has 0 aromatic rings. The highest BCUT2D eigenvalue weighted by Crippen LogP contribution is 2.23. The fraction of sp³-hybridized carbons (Fsp3) is 0.846. The smallest absolute Gasteiger partial charge is 0.157 e. The van der Waals surface area contributed by atoms with E-state index in [9.17, 15) is 0 Å². The van der Waals surface area contributed by atoms with Crippen LogP contribution >= 0.6 is 0 Å². The van der Waals surface area contributed by atoms with Crippen molar-refractivity contribution in [3.05, 3.63) is 0 Å². The average molecular weight is 224 g/mol. The van der Waals surface area contributed by atoms with Crippen LogP contribution in [0.2, 0.25) is 0 Å². The highest BCUT2D eigenvalue weighted by atomic mass is 16.7. The zero-order valence-corrected chi connectivity index (χ0v) is 9.69. The average Bonchev–Trinajstić information content (AvgIpc) is 2.76. The number of rotatable bonds is 4. The molecule has 16 heavy (non-hydrogen) atoms. The maximum absolute atomic E-state index is 5.77. The highest BCUT2D eigenvalue weighted by molar-refractivity contribution is 4.90. The largest absolute Gasteiger partial charge is 0.372 e. The Morgan fingerprint density at radius 3 is 2.81 bits per heavy atom. The van der Waals surface area contributed by atoms with Crippen molar-refractivity contribution < 1.29 is 14.2 Å². The van der Waals surface area contributed by atoms with Gasteiger partial charge >= 0.3 is 0 Å². The van der Waals surface area contributed by atoms with Crippen molar-refractivity contribution in [3.8, 4) is 12.3 Å². The zero-order valence-electron chi connectivity index (χ0n) is 9.69. The van der Waals surface area contributed by atoms with Crippen molar-refractivity contribution in [2.75, 3.05) is 13.2 Å². The molecular formula is C13H20O3. The van der Waals surface area contributed by atoms with Gasteiger partial charge in [0.05, 0.1) is 18.8 Å². The van der Waals surface area contributed by atoms with Crippen LogP contribution < -0.4 is 0 Å². The first kappa shape index (κ1) is 11.9. The fourth-order valence-corrected chi connectivity index (χ4v) is 2.24. The third-order valence-electron chi connectivity index (χ3n) is 3.15. The molecule has 0 bridgehead atoms. The van der Waals surface area contributed by atoms with E-state index in [1.165, 1.54) is 6.42 Å². The Morgan fingerprint density at radius 2 is 2.06 bits per heavy atom. The van der Waals surface area contributed by atoms with Crippen LogP contribution in [0.3, 0.4) is 0 Å². The summed E-state index contributed by atoms with van der Waals surface area (Å²) in [6.45, 7) is 1.47. The summed E-state index contributed by atoms with van der Waals surface area (Å²) in [5, 5.41) is 0. The van der Waals surface area contributed by atoms with Gasteiger partial charge < -0.3 is 14.2 Å². The molecule has 0 saturated carbocycles. The van der Waals surface area contributed by atoms with E-state index < -0.39 is 0 Å². The minimum Gasteiger partial charge on any atom is -0.372 e. The third-order valence-corrected chi connectivity index (χ3v) is 3.15. The second kappa shape index (κ2) is 6.24. The number of ether oxygens (including phenoxy) is 3. The van der Waals surface area contributed by atoms with Crippen LogP contribution in [-0.4, -0.2) is 31.7 Å². The van der Waals surface area contributed by atoms with Crippen LogP contribution in [0.1, 0.15) is 38.5 Å². The van der Waals surface area contributed by atoms with Crippen molar-refractivity contribution in [3.63, 3.8) is 0 Å². The number of hydrogen-bond acceptors (Lipinski definition) is 3. The second-order valence-electron chi connectivity index (χ2n) is 4.50. The second-order valence-corrected chi connectivity index (χ2v) is 4.50. The van der Waals surface area contributed by atoms with E-state index >= 15 is 0 Å². The Kier molecular flexibility index (Phi) is 4.65. The summed E-state index contributed by atoms with van der Waals surface area (Å²) < 4.78 is 17.0. The molecule has 2 fully saturated rings. The monoisotopic (exact) mass is 224 g/mol. The van der Waals surface area contributed by atoms with Crippen molar-refractivity contribution >= 4 is 0 Å². The van der Waals surface area contributed by atoms with Gasteiger partial charge in [0.15, 0.2) is 6.29 Å². The van der Waals surface area contributed by atoms with Gasteiger partial charge in [-0.2, -0.15) is 0 Å². The number of hydrogen-bond donors (Lipinski definition) is 0. The van der Waals surface area contributed by atoms with Crippen LogP contribution in [0.25, 0.3) is 0 Å². The first-order valence-corrected chi connectivity index (χ1v) is 6.20. The van der Waals surface area contributed by atoms with Crippen molar-refractivity contribution in [2.24, 2.45) is 0 Å². The van der Waals surface area contributed by atoms with E-state index in [4.69, 9.17) is 20.6 Å². The van der Waals surface area contributed by atoms with Crippen LogP contribution in [0.4, 0.5) is 0 Å². The molecule has 2 aliphatic rings. The van der Waals surface area contributed by atoms with Gasteiger partial charge in [-0.1, -0.05) is 0 Å². The summed E-state index contributed by atoms with van der Waals surface area (Å²) >= 11 is 0. The Bertz CT molecular complexity index is 240. The Morgan fingerprint density at radius 1 is 1.19 bits per heavy atom. The van der Waals surface area contributed by atoms with Crippen LogP contribution in [0.5, 0.6) is 0 Å². The summed E-state index contributed by atoms with van der Waals surface area (Å²) in [7, 11) is 0. The molecule has 3 atom stereocenters. The van der Waals surface area contributed by atoms with Crippen molar-refractivity contribution in [1.82, 2.24) is 0 Å². The molecule has 0 radical (unpaired) electrons. The van der Waals surface area contributed by atoms with Gasteiger partial charge in [-0.25, -0.2) is 0 Å². The fourth-order valence-electron chi connectivity index (χ4n) is 2.24. The summed E-state index contributed by atoms with van der Waals surface area (Å²) in [6, 6.07) is 0. The lowest BCUT2D eigenvalue weighted by atomic mass is 10.1. The van der Waals surface area contributed by atoms with E-state index in [0.29, 0.717) is 6.61 Å². The first-order valence-electron chi connectivity index (χ1n) is 6.20. The standard InChI is InChI=1S/C13H20O3/c1-2-5-11-7-8-12(16-11)10-15-13-6-3-4-9-14-13/h1,11-13H,3-10H2. The number of terminal acetylenes is 1. The molecule has 0 aromatic heterocycles. The molecule has 0 aliphatic carbocycles. The molecule has 3 nitrogen and oxygen atoms in total. The van der Waals surface area contributed by atoms with Crippen LogP contribution in [0, 0.1) is 12.3 Å². The summed E-state index contributed by atoms with van der Waals surface area (Å²) in [4.78, 5) is 0. The minimum atomic E-state index is -0.0102. The van der Waals surface area contributed by atoms with Crippen LogP contribution in [-0.2, 0) is 14.2 Å². The highest BCUT2D eigenvalue weighted by Gasteiger charge is 2.26. The summed E-state index contributed by atoms with van der Waals surface area (Å²) in [5.74, 6) is 2.65.